The number of carbonyl (C=O) groups excluding carboxylic acids is 1. The number of hydrogen-bond donors (Lipinski definition) is 0. The normalized spacial score (nSPS) is 14.3. The van der Waals surface area contributed by atoms with Crippen molar-refractivity contribution in [2.75, 3.05) is 37.7 Å². The zero-order valence-electron chi connectivity index (χ0n) is 16.6. The summed E-state index contributed by atoms with van der Waals surface area (Å²) in [5.74, 6) is 0.776. The summed E-state index contributed by atoms with van der Waals surface area (Å²) in [5, 5.41) is 0.917. The molecule has 6 nitrogen and oxygen atoms in total. The van der Waals surface area contributed by atoms with E-state index in [2.05, 4.69) is 9.88 Å². The van der Waals surface area contributed by atoms with Gasteiger partial charge in [-0.2, -0.15) is 0 Å². The van der Waals surface area contributed by atoms with Crippen molar-refractivity contribution in [1.29, 1.82) is 0 Å². The molecule has 0 atom stereocenters. The van der Waals surface area contributed by atoms with Crippen LogP contribution in [0.25, 0.3) is 22.3 Å². The molecule has 0 spiro atoms. The molecular formula is C22H23FN4O2. The van der Waals surface area contributed by atoms with Crippen molar-refractivity contribution < 1.29 is 13.9 Å². The van der Waals surface area contributed by atoms with Crippen LogP contribution in [0.3, 0.4) is 0 Å². The van der Waals surface area contributed by atoms with Gasteiger partial charge in [0.15, 0.2) is 5.82 Å². The van der Waals surface area contributed by atoms with E-state index in [0.29, 0.717) is 44.2 Å². The lowest BCUT2D eigenvalue weighted by molar-refractivity contribution is 0.105. The lowest BCUT2D eigenvalue weighted by atomic mass is 10.1. The second-order valence-electron chi connectivity index (χ2n) is 7.04. The molecule has 0 unspecified atom stereocenters. The number of ether oxygens (including phenoxy) is 1. The zero-order chi connectivity index (χ0) is 20.4. The van der Waals surface area contributed by atoms with E-state index >= 15 is 0 Å². The standard InChI is InChI=1S/C22H23FN4O2/c1-3-29-22(28)27-12-10-26(11-13-27)21-17-9-8-15(2)14-19(17)24-20(25-21)16-6-4-5-7-18(16)23/h4-9,14H,3,10-13H2,1-2H3. The number of halogens is 1. The van der Waals surface area contributed by atoms with E-state index in [1.165, 1.54) is 6.07 Å². The number of piperazine rings is 1. The summed E-state index contributed by atoms with van der Waals surface area (Å²) in [6.45, 7) is 6.50. The number of fused-ring (bicyclic) bond motifs is 1. The Kier molecular flexibility index (Phi) is 5.29. The fourth-order valence-electron chi connectivity index (χ4n) is 3.54. The molecule has 0 radical (unpaired) electrons. The molecular weight excluding hydrogens is 371 g/mol. The van der Waals surface area contributed by atoms with Gasteiger partial charge in [-0.1, -0.05) is 18.2 Å². The second kappa shape index (κ2) is 8.03. The van der Waals surface area contributed by atoms with E-state index in [1.807, 2.05) is 25.1 Å². The van der Waals surface area contributed by atoms with Crippen LogP contribution in [-0.2, 0) is 4.74 Å². The SMILES string of the molecule is CCOC(=O)N1CCN(c2nc(-c3ccccc3F)nc3cc(C)ccc23)CC1. The molecule has 1 fully saturated rings. The summed E-state index contributed by atoms with van der Waals surface area (Å²) < 4.78 is 19.5. The number of benzene rings is 2. The highest BCUT2D eigenvalue weighted by atomic mass is 19.1. The summed E-state index contributed by atoms with van der Waals surface area (Å²) in [4.78, 5) is 25.2. The van der Waals surface area contributed by atoms with E-state index in [-0.39, 0.29) is 11.9 Å². The number of anilines is 1. The fourth-order valence-corrected chi connectivity index (χ4v) is 3.54. The molecule has 0 bridgehead atoms. The van der Waals surface area contributed by atoms with Crippen LogP contribution in [0, 0.1) is 12.7 Å². The van der Waals surface area contributed by atoms with Gasteiger partial charge in [0, 0.05) is 31.6 Å². The number of amides is 1. The Balaban J connectivity index is 1.72. The van der Waals surface area contributed by atoms with Gasteiger partial charge in [-0.3, -0.25) is 0 Å². The molecule has 3 aromatic rings. The van der Waals surface area contributed by atoms with E-state index in [9.17, 15) is 9.18 Å². The van der Waals surface area contributed by atoms with Crippen molar-refractivity contribution >= 4 is 22.8 Å². The highest BCUT2D eigenvalue weighted by molar-refractivity contribution is 5.91. The van der Waals surface area contributed by atoms with Crippen LogP contribution in [0.4, 0.5) is 15.0 Å². The van der Waals surface area contributed by atoms with E-state index < -0.39 is 0 Å². The summed E-state index contributed by atoms with van der Waals surface area (Å²) >= 11 is 0. The van der Waals surface area contributed by atoms with Gasteiger partial charge in [0.05, 0.1) is 17.7 Å². The van der Waals surface area contributed by atoms with Crippen molar-refractivity contribution in [2.24, 2.45) is 0 Å². The van der Waals surface area contributed by atoms with Gasteiger partial charge in [0.25, 0.3) is 0 Å². The largest absolute Gasteiger partial charge is 0.450 e. The van der Waals surface area contributed by atoms with Crippen LogP contribution in [0.15, 0.2) is 42.5 Å². The Labute approximate surface area is 168 Å². The number of aromatic nitrogens is 2. The summed E-state index contributed by atoms with van der Waals surface area (Å²) in [6, 6.07) is 12.5. The van der Waals surface area contributed by atoms with Gasteiger partial charge in [-0.15, -0.1) is 0 Å². The van der Waals surface area contributed by atoms with Crippen LogP contribution in [0.5, 0.6) is 0 Å². The first kappa shape index (κ1) is 19.1. The van der Waals surface area contributed by atoms with Crippen molar-refractivity contribution in [1.82, 2.24) is 14.9 Å². The lowest BCUT2D eigenvalue weighted by Crippen LogP contribution is -2.49. The Bertz CT molecular complexity index is 1050. The monoisotopic (exact) mass is 394 g/mol. The average Bonchev–Trinajstić information content (AvgIpc) is 2.73. The van der Waals surface area contributed by atoms with Crippen molar-refractivity contribution in [3.8, 4) is 11.4 Å². The molecule has 2 aromatic carbocycles. The summed E-state index contributed by atoms with van der Waals surface area (Å²) in [7, 11) is 0. The van der Waals surface area contributed by atoms with Crippen molar-refractivity contribution in [3.63, 3.8) is 0 Å². The highest BCUT2D eigenvalue weighted by Crippen LogP contribution is 2.30. The first-order chi connectivity index (χ1) is 14.1. The maximum atomic E-state index is 14.4. The number of carbonyl (C=O) groups is 1. The predicted molar refractivity (Wildman–Crippen MR) is 110 cm³/mol. The van der Waals surface area contributed by atoms with E-state index in [1.54, 1.807) is 30.0 Å². The number of hydrogen-bond acceptors (Lipinski definition) is 5. The number of nitrogens with zero attached hydrogens (tertiary/aromatic N) is 4. The summed E-state index contributed by atoms with van der Waals surface area (Å²) in [6.07, 6.45) is -0.289. The Hall–Kier alpha value is -3.22. The van der Waals surface area contributed by atoms with Crippen LogP contribution >= 0.6 is 0 Å². The molecule has 1 aliphatic heterocycles. The molecule has 1 aromatic heterocycles. The quantitative estimate of drug-likeness (QED) is 0.671. The van der Waals surface area contributed by atoms with Crippen LogP contribution < -0.4 is 4.90 Å². The van der Waals surface area contributed by atoms with Gasteiger partial charge >= 0.3 is 6.09 Å². The smallest absolute Gasteiger partial charge is 0.409 e. The zero-order valence-corrected chi connectivity index (χ0v) is 16.6. The molecule has 150 valence electrons. The second-order valence-corrected chi connectivity index (χ2v) is 7.04. The third-order valence-corrected chi connectivity index (χ3v) is 5.05. The number of aryl methyl sites for hydroxylation is 1. The molecule has 7 heteroatoms. The Morgan fingerprint density at radius 1 is 1.10 bits per heavy atom. The molecule has 0 saturated carbocycles. The first-order valence-corrected chi connectivity index (χ1v) is 9.76. The van der Waals surface area contributed by atoms with Crippen molar-refractivity contribution in [2.45, 2.75) is 13.8 Å². The molecule has 0 aliphatic carbocycles. The predicted octanol–water partition coefficient (Wildman–Crippen LogP) is 4.02. The maximum absolute atomic E-state index is 14.4. The van der Waals surface area contributed by atoms with Crippen LogP contribution in [-0.4, -0.2) is 53.7 Å². The van der Waals surface area contributed by atoms with E-state index in [0.717, 1.165) is 22.3 Å². The minimum atomic E-state index is -0.349. The van der Waals surface area contributed by atoms with Gasteiger partial charge in [0.2, 0.25) is 0 Å². The number of rotatable bonds is 3. The van der Waals surface area contributed by atoms with Crippen LogP contribution in [0.2, 0.25) is 0 Å². The Morgan fingerprint density at radius 2 is 1.86 bits per heavy atom. The highest BCUT2D eigenvalue weighted by Gasteiger charge is 2.25. The molecule has 1 saturated heterocycles. The molecule has 4 rings (SSSR count). The van der Waals surface area contributed by atoms with E-state index in [4.69, 9.17) is 9.72 Å². The van der Waals surface area contributed by atoms with Crippen molar-refractivity contribution in [3.05, 3.63) is 53.8 Å². The fraction of sp³-hybridized carbons (Fsp3) is 0.318. The third-order valence-electron chi connectivity index (χ3n) is 5.05. The molecule has 0 N–H and O–H groups in total. The topological polar surface area (TPSA) is 58.6 Å². The summed E-state index contributed by atoms with van der Waals surface area (Å²) in [5.41, 5.74) is 2.23. The van der Waals surface area contributed by atoms with Gasteiger partial charge in [-0.25, -0.2) is 19.2 Å². The lowest BCUT2D eigenvalue weighted by Gasteiger charge is -2.35. The van der Waals surface area contributed by atoms with Gasteiger partial charge in [0.1, 0.15) is 11.6 Å². The minimum Gasteiger partial charge on any atom is -0.450 e. The first-order valence-electron chi connectivity index (χ1n) is 9.76. The molecule has 1 aliphatic rings. The molecule has 29 heavy (non-hydrogen) atoms. The Morgan fingerprint density at radius 3 is 2.59 bits per heavy atom. The maximum Gasteiger partial charge on any atom is 0.409 e. The minimum absolute atomic E-state index is 0.289. The van der Waals surface area contributed by atoms with Gasteiger partial charge in [-0.05, 0) is 43.7 Å². The molecule has 1 amide bonds. The van der Waals surface area contributed by atoms with Gasteiger partial charge < -0.3 is 14.5 Å². The molecule has 2 heterocycles. The van der Waals surface area contributed by atoms with Crippen LogP contribution in [0.1, 0.15) is 12.5 Å². The average molecular weight is 394 g/mol. The third kappa shape index (κ3) is 3.85.